The van der Waals surface area contributed by atoms with Crippen molar-refractivity contribution in [3.8, 4) is 22.9 Å². The second-order valence-electron chi connectivity index (χ2n) is 8.05. The lowest BCUT2D eigenvalue weighted by atomic mass is 9.93. The molecule has 4 aromatic rings. The maximum absolute atomic E-state index is 13.7. The van der Waals surface area contributed by atoms with Crippen molar-refractivity contribution in [2.24, 2.45) is 0 Å². The normalized spacial score (nSPS) is 11.5. The van der Waals surface area contributed by atoms with Crippen LogP contribution in [0.1, 0.15) is 39.9 Å². The lowest BCUT2D eigenvalue weighted by Crippen LogP contribution is -2.09. The van der Waals surface area contributed by atoms with Gasteiger partial charge in [0.05, 0.1) is 5.56 Å². The first kappa shape index (κ1) is 22.9. The van der Waals surface area contributed by atoms with E-state index >= 15 is 0 Å². The van der Waals surface area contributed by atoms with Crippen LogP contribution in [0, 0.1) is 23.0 Å². The van der Waals surface area contributed by atoms with Gasteiger partial charge in [-0.2, -0.15) is 5.26 Å². The fourth-order valence-corrected chi connectivity index (χ4v) is 3.77. The molecule has 5 heteroatoms. The first-order valence-corrected chi connectivity index (χ1v) is 10.8. The molecule has 0 aliphatic rings. The molecule has 4 aromatic carbocycles. The average Bonchev–Trinajstić information content (AvgIpc) is 2.85. The Morgan fingerprint density at radius 1 is 0.882 bits per heavy atom. The van der Waals surface area contributed by atoms with Crippen molar-refractivity contribution in [3.05, 3.63) is 125 Å². The van der Waals surface area contributed by atoms with Crippen LogP contribution in [0.2, 0.25) is 0 Å². The average molecular weight is 453 g/mol. The third-order valence-electron chi connectivity index (χ3n) is 5.66. The third-order valence-corrected chi connectivity index (χ3v) is 5.66. The van der Waals surface area contributed by atoms with E-state index in [1.165, 1.54) is 17.2 Å². The number of nitrogens with zero attached hydrogens (tertiary/aromatic N) is 1. The summed E-state index contributed by atoms with van der Waals surface area (Å²) in [6.07, 6.45) is 0.936. The molecule has 0 heterocycles. The van der Waals surface area contributed by atoms with Gasteiger partial charge in [0.15, 0.2) is 0 Å². The summed E-state index contributed by atoms with van der Waals surface area (Å²) < 4.78 is 32.5. The number of hydrogen-bond donors (Lipinski definition) is 0. The van der Waals surface area contributed by atoms with Gasteiger partial charge in [-0.25, -0.2) is 13.6 Å². The monoisotopic (exact) mass is 453 g/mol. The third kappa shape index (κ3) is 5.19. The van der Waals surface area contributed by atoms with Crippen molar-refractivity contribution < 1.29 is 18.3 Å². The lowest BCUT2D eigenvalue weighted by Gasteiger charge is -2.12. The topological polar surface area (TPSA) is 50.1 Å². The molecular weight excluding hydrogens is 432 g/mol. The standard InChI is InChI=1S/C29H21F2NO2/c1-19(21-5-3-2-4-6-21)15-20-7-9-22(10-8-20)23-11-13-24(14-12-23)29(33)34-25-16-27(30)26(18-32)28(31)17-25/h2-14,16-17,19H,15H2,1H3. The first-order valence-electron chi connectivity index (χ1n) is 10.8. The highest BCUT2D eigenvalue weighted by atomic mass is 19.1. The van der Waals surface area contributed by atoms with Crippen LogP contribution >= 0.6 is 0 Å². The zero-order valence-electron chi connectivity index (χ0n) is 18.5. The van der Waals surface area contributed by atoms with Crippen LogP contribution in [0.5, 0.6) is 5.75 Å². The van der Waals surface area contributed by atoms with E-state index in [2.05, 4.69) is 43.3 Å². The molecule has 0 fully saturated rings. The summed E-state index contributed by atoms with van der Waals surface area (Å²) in [4.78, 5) is 12.4. The van der Waals surface area contributed by atoms with E-state index in [1.807, 2.05) is 18.2 Å². The molecule has 0 radical (unpaired) electrons. The molecule has 0 aliphatic heterocycles. The summed E-state index contributed by atoms with van der Waals surface area (Å²) in [6, 6.07) is 28.5. The molecule has 0 spiro atoms. The number of benzene rings is 4. The Morgan fingerprint density at radius 2 is 1.44 bits per heavy atom. The maximum Gasteiger partial charge on any atom is 0.343 e. The fourth-order valence-electron chi connectivity index (χ4n) is 3.77. The summed E-state index contributed by atoms with van der Waals surface area (Å²) in [5.41, 5.74) is 4.00. The Bertz CT molecular complexity index is 1320. The van der Waals surface area contributed by atoms with Gasteiger partial charge in [0, 0.05) is 12.1 Å². The van der Waals surface area contributed by atoms with E-state index in [0.717, 1.165) is 29.7 Å². The Morgan fingerprint density at radius 3 is 2.00 bits per heavy atom. The van der Waals surface area contributed by atoms with Crippen LogP contribution in [-0.4, -0.2) is 5.97 Å². The van der Waals surface area contributed by atoms with Gasteiger partial charge in [-0.15, -0.1) is 0 Å². The van der Waals surface area contributed by atoms with Crippen LogP contribution in [0.25, 0.3) is 11.1 Å². The fraction of sp³-hybridized carbons (Fsp3) is 0.103. The minimum atomic E-state index is -1.08. The van der Waals surface area contributed by atoms with Gasteiger partial charge in [-0.3, -0.25) is 0 Å². The second kappa shape index (κ2) is 10.1. The van der Waals surface area contributed by atoms with Gasteiger partial charge < -0.3 is 4.74 Å². The highest BCUT2D eigenvalue weighted by Crippen LogP contribution is 2.25. The Labute approximate surface area is 196 Å². The number of carbonyl (C=O) groups excluding carboxylic acids is 1. The number of hydrogen-bond acceptors (Lipinski definition) is 3. The number of esters is 1. The van der Waals surface area contributed by atoms with E-state index in [0.29, 0.717) is 5.92 Å². The van der Waals surface area contributed by atoms with Crippen LogP contribution in [0.3, 0.4) is 0 Å². The molecule has 168 valence electrons. The lowest BCUT2D eigenvalue weighted by molar-refractivity contribution is 0.0734. The maximum atomic E-state index is 13.7. The highest BCUT2D eigenvalue weighted by Gasteiger charge is 2.15. The number of carbonyl (C=O) groups is 1. The van der Waals surface area contributed by atoms with E-state index in [-0.39, 0.29) is 11.3 Å². The van der Waals surface area contributed by atoms with Gasteiger partial charge in [0.25, 0.3) is 0 Å². The minimum Gasteiger partial charge on any atom is -0.423 e. The van der Waals surface area contributed by atoms with Crippen molar-refractivity contribution in [1.29, 1.82) is 5.26 Å². The SMILES string of the molecule is CC(Cc1ccc(-c2ccc(C(=O)Oc3cc(F)c(C#N)c(F)c3)cc2)cc1)c1ccccc1. The summed E-state index contributed by atoms with van der Waals surface area (Å²) in [5, 5.41) is 8.73. The zero-order valence-corrected chi connectivity index (χ0v) is 18.5. The van der Waals surface area contributed by atoms with Crippen molar-refractivity contribution in [2.45, 2.75) is 19.3 Å². The molecule has 0 aliphatic carbocycles. The van der Waals surface area contributed by atoms with E-state index in [9.17, 15) is 13.6 Å². The largest absolute Gasteiger partial charge is 0.423 e. The molecular formula is C29H21F2NO2. The second-order valence-corrected chi connectivity index (χ2v) is 8.05. The molecule has 1 unspecified atom stereocenters. The van der Waals surface area contributed by atoms with Crippen LogP contribution in [0.4, 0.5) is 8.78 Å². The first-order chi connectivity index (χ1) is 16.4. The van der Waals surface area contributed by atoms with E-state index < -0.39 is 23.2 Å². The van der Waals surface area contributed by atoms with Crippen molar-refractivity contribution in [1.82, 2.24) is 0 Å². The van der Waals surface area contributed by atoms with Crippen LogP contribution in [0.15, 0.2) is 91.0 Å². The summed E-state index contributed by atoms with van der Waals surface area (Å²) >= 11 is 0. The van der Waals surface area contributed by atoms with Crippen molar-refractivity contribution in [2.75, 3.05) is 0 Å². The van der Waals surface area contributed by atoms with Crippen LogP contribution < -0.4 is 4.74 Å². The van der Waals surface area contributed by atoms with Crippen molar-refractivity contribution in [3.63, 3.8) is 0 Å². The predicted octanol–water partition coefficient (Wildman–Crippen LogP) is 7.07. The molecule has 0 aromatic heterocycles. The highest BCUT2D eigenvalue weighted by molar-refractivity contribution is 5.91. The molecule has 0 N–H and O–H groups in total. The number of ether oxygens (including phenoxy) is 1. The van der Waals surface area contributed by atoms with E-state index in [1.54, 1.807) is 24.3 Å². The predicted molar refractivity (Wildman–Crippen MR) is 126 cm³/mol. The minimum absolute atomic E-state index is 0.238. The summed E-state index contributed by atoms with van der Waals surface area (Å²) in [7, 11) is 0. The smallest absolute Gasteiger partial charge is 0.343 e. The summed E-state index contributed by atoms with van der Waals surface area (Å²) in [5.74, 6) is -2.80. The van der Waals surface area contributed by atoms with Gasteiger partial charge >= 0.3 is 5.97 Å². The molecule has 0 saturated carbocycles. The molecule has 0 bridgehead atoms. The van der Waals surface area contributed by atoms with Gasteiger partial charge in [0.1, 0.15) is 29.0 Å². The number of halogens is 2. The molecule has 4 rings (SSSR count). The zero-order chi connectivity index (χ0) is 24.1. The Kier molecular flexibility index (Phi) is 6.79. The van der Waals surface area contributed by atoms with Crippen molar-refractivity contribution >= 4 is 5.97 Å². The summed E-state index contributed by atoms with van der Waals surface area (Å²) in [6.45, 7) is 2.21. The number of nitriles is 1. The molecule has 3 nitrogen and oxygen atoms in total. The Hall–Kier alpha value is -4.30. The van der Waals surface area contributed by atoms with E-state index in [4.69, 9.17) is 10.00 Å². The number of rotatable bonds is 6. The van der Waals surface area contributed by atoms with Gasteiger partial charge in [-0.05, 0) is 46.7 Å². The molecule has 34 heavy (non-hydrogen) atoms. The van der Waals surface area contributed by atoms with Gasteiger partial charge in [0.2, 0.25) is 0 Å². The van der Waals surface area contributed by atoms with Crippen LogP contribution in [-0.2, 0) is 6.42 Å². The molecule has 0 amide bonds. The molecule has 1 atom stereocenters. The van der Waals surface area contributed by atoms with Gasteiger partial charge in [-0.1, -0.05) is 73.7 Å². The Balaban J connectivity index is 1.42. The quantitative estimate of drug-likeness (QED) is 0.232. The molecule has 0 saturated heterocycles.